The second-order valence-corrected chi connectivity index (χ2v) is 10.6. The van der Waals surface area contributed by atoms with Crippen molar-refractivity contribution in [3.63, 3.8) is 0 Å². The van der Waals surface area contributed by atoms with Crippen LogP contribution >= 0.6 is 0 Å². The predicted octanol–water partition coefficient (Wildman–Crippen LogP) is 4.39. The maximum atomic E-state index is 10.0. The highest BCUT2D eigenvalue weighted by Crippen LogP contribution is 2.65. The standard InChI is InChI=1S/C12H24O2.C10H18O/c1-9(2)10-4-5-12(3,6-7-13)8-11(10)14;1-9(2)7-4-5-10(9,3)8(11)6-7/h9-11,13-14H,4-8H2,1-3H3;7-8,11H,4-6H2,1-3H3. The number of fused-ring (bicyclic) bond motifs is 2. The first-order valence-electron chi connectivity index (χ1n) is 10.4. The first-order valence-corrected chi connectivity index (χ1v) is 10.4. The van der Waals surface area contributed by atoms with Crippen LogP contribution in [0.25, 0.3) is 0 Å². The Morgan fingerprint density at radius 3 is 1.96 bits per heavy atom. The van der Waals surface area contributed by atoms with Gasteiger partial charge in [0.15, 0.2) is 0 Å². The molecule has 3 fully saturated rings. The summed E-state index contributed by atoms with van der Waals surface area (Å²) in [5, 5.41) is 28.8. The number of hydrogen-bond donors (Lipinski definition) is 3. The van der Waals surface area contributed by atoms with Crippen LogP contribution in [0.4, 0.5) is 0 Å². The van der Waals surface area contributed by atoms with Crippen LogP contribution in [-0.4, -0.2) is 34.1 Å². The molecule has 3 aliphatic rings. The molecule has 0 aromatic heterocycles. The first-order chi connectivity index (χ1) is 11.5. The van der Waals surface area contributed by atoms with Crippen LogP contribution < -0.4 is 0 Å². The van der Waals surface area contributed by atoms with E-state index in [0.29, 0.717) is 17.3 Å². The average Bonchev–Trinajstić information content (AvgIpc) is 2.80. The minimum absolute atomic E-state index is 0.0313. The van der Waals surface area contributed by atoms with E-state index in [4.69, 9.17) is 5.11 Å². The first kappa shape index (κ1) is 21.2. The molecule has 3 heteroatoms. The van der Waals surface area contributed by atoms with Crippen LogP contribution in [0.3, 0.4) is 0 Å². The largest absolute Gasteiger partial charge is 0.396 e. The number of hydrogen-bond acceptors (Lipinski definition) is 3. The third-order valence-corrected chi connectivity index (χ3v) is 8.60. The normalized spacial score (nSPS) is 45.4. The van der Waals surface area contributed by atoms with Gasteiger partial charge >= 0.3 is 0 Å². The summed E-state index contributed by atoms with van der Waals surface area (Å²) < 4.78 is 0. The molecule has 3 rings (SSSR count). The average molecular weight is 355 g/mol. The van der Waals surface area contributed by atoms with E-state index in [9.17, 15) is 10.2 Å². The summed E-state index contributed by atoms with van der Waals surface area (Å²) in [5.41, 5.74) is 0.767. The highest BCUT2D eigenvalue weighted by atomic mass is 16.3. The summed E-state index contributed by atoms with van der Waals surface area (Å²) in [6.07, 6.45) is 7.35. The molecule has 0 amide bonds. The number of aliphatic hydroxyl groups is 3. The quantitative estimate of drug-likeness (QED) is 0.704. The summed E-state index contributed by atoms with van der Waals surface area (Å²) in [5.74, 6) is 1.81. The lowest BCUT2D eigenvalue weighted by atomic mass is 9.66. The van der Waals surface area contributed by atoms with Gasteiger partial charge in [-0.1, -0.05) is 41.5 Å². The number of aliphatic hydroxyl groups excluding tert-OH is 3. The second-order valence-electron chi connectivity index (χ2n) is 10.6. The van der Waals surface area contributed by atoms with Gasteiger partial charge in [0.05, 0.1) is 12.2 Å². The van der Waals surface area contributed by atoms with E-state index >= 15 is 0 Å². The van der Waals surface area contributed by atoms with Gasteiger partial charge in [0.1, 0.15) is 0 Å². The fraction of sp³-hybridized carbons (Fsp3) is 1.00. The van der Waals surface area contributed by atoms with Gasteiger partial charge in [-0.05, 0) is 78.9 Å². The number of rotatable bonds is 3. The van der Waals surface area contributed by atoms with Crippen molar-refractivity contribution in [3.8, 4) is 0 Å². The van der Waals surface area contributed by atoms with E-state index in [1.54, 1.807) is 0 Å². The molecule has 0 heterocycles. The Hall–Kier alpha value is -0.120. The van der Waals surface area contributed by atoms with Crippen molar-refractivity contribution in [2.45, 2.75) is 98.7 Å². The smallest absolute Gasteiger partial charge is 0.0601 e. The lowest BCUT2D eigenvalue weighted by Crippen LogP contribution is -2.38. The molecule has 3 N–H and O–H groups in total. The van der Waals surface area contributed by atoms with Crippen molar-refractivity contribution in [2.75, 3.05) is 6.61 Å². The Morgan fingerprint density at radius 2 is 1.64 bits per heavy atom. The molecule has 25 heavy (non-hydrogen) atoms. The van der Waals surface area contributed by atoms with Gasteiger partial charge in [-0.25, -0.2) is 0 Å². The highest BCUT2D eigenvalue weighted by Gasteiger charge is 2.60. The third-order valence-electron chi connectivity index (χ3n) is 8.60. The fourth-order valence-electron chi connectivity index (χ4n) is 5.90. The molecular weight excluding hydrogens is 312 g/mol. The van der Waals surface area contributed by atoms with Gasteiger partial charge in [0, 0.05) is 6.61 Å². The van der Waals surface area contributed by atoms with E-state index in [0.717, 1.165) is 38.0 Å². The molecular formula is C22H42O3. The molecule has 0 radical (unpaired) electrons. The van der Waals surface area contributed by atoms with E-state index in [2.05, 4.69) is 41.5 Å². The Labute approximate surface area is 155 Å². The van der Waals surface area contributed by atoms with Crippen molar-refractivity contribution in [1.82, 2.24) is 0 Å². The molecule has 0 aromatic rings. The van der Waals surface area contributed by atoms with Gasteiger partial charge < -0.3 is 15.3 Å². The zero-order valence-electron chi connectivity index (χ0n) is 17.4. The lowest BCUT2D eigenvalue weighted by Gasteiger charge is -2.42. The van der Waals surface area contributed by atoms with Crippen molar-refractivity contribution in [1.29, 1.82) is 0 Å². The summed E-state index contributed by atoms with van der Waals surface area (Å²) in [7, 11) is 0. The van der Waals surface area contributed by atoms with Crippen LogP contribution in [-0.2, 0) is 0 Å². The molecule has 6 unspecified atom stereocenters. The Bertz CT molecular complexity index is 447. The van der Waals surface area contributed by atoms with Crippen molar-refractivity contribution in [2.24, 2.45) is 34.0 Å². The van der Waals surface area contributed by atoms with Crippen LogP contribution in [0.15, 0.2) is 0 Å². The zero-order valence-corrected chi connectivity index (χ0v) is 17.4. The molecule has 0 spiro atoms. The molecule has 6 atom stereocenters. The van der Waals surface area contributed by atoms with Gasteiger partial charge in [-0.3, -0.25) is 0 Å². The molecule has 0 saturated heterocycles. The molecule has 148 valence electrons. The summed E-state index contributed by atoms with van der Waals surface area (Å²) in [6, 6.07) is 0. The topological polar surface area (TPSA) is 60.7 Å². The zero-order chi connectivity index (χ0) is 19.0. The van der Waals surface area contributed by atoms with Crippen LogP contribution in [0.1, 0.15) is 86.5 Å². The molecule has 2 bridgehead atoms. The summed E-state index contributed by atoms with van der Waals surface area (Å²) in [6.45, 7) is 13.7. The van der Waals surface area contributed by atoms with E-state index < -0.39 is 0 Å². The van der Waals surface area contributed by atoms with Crippen LogP contribution in [0.2, 0.25) is 0 Å². The maximum Gasteiger partial charge on any atom is 0.0601 e. The predicted molar refractivity (Wildman–Crippen MR) is 103 cm³/mol. The van der Waals surface area contributed by atoms with Gasteiger partial charge in [-0.2, -0.15) is 0 Å². The Kier molecular flexibility index (Phi) is 6.34. The Morgan fingerprint density at radius 1 is 1.00 bits per heavy atom. The van der Waals surface area contributed by atoms with E-state index in [1.807, 2.05) is 0 Å². The van der Waals surface area contributed by atoms with E-state index in [1.165, 1.54) is 12.8 Å². The molecule has 3 nitrogen and oxygen atoms in total. The van der Waals surface area contributed by atoms with Crippen molar-refractivity contribution >= 4 is 0 Å². The molecule has 0 aliphatic heterocycles. The monoisotopic (exact) mass is 354 g/mol. The van der Waals surface area contributed by atoms with Gasteiger partial charge in [0.2, 0.25) is 0 Å². The summed E-state index contributed by atoms with van der Waals surface area (Å²) in [4.78, 5) is 0. The lowest BCUT2D eigenvalue weighted by molar-refractivity contribution is -0.0181. The second kappa shape index (κ2) is 7.48. The Balaban J connectivity index is 0.000000185. The molecule has 3 aliphatic carbocycles. The highest BCUT2D eigenvalue weighted by molar-refractivity contribution is 5.10. The summed E-state index contributed by atoms with van der Waals surface area (Å²) >= 11 is 0. The van der Waals surface area contributed by atoms with Gasteiger partial charge in [0.25, 0.3) is 0 Å². The molecule has 3 saturated carbocycles. The van der Waals surface area contributed by atoms with Crippen molar-refractivity contribution < 1.29 is 15.3 Å². The van der Waals surface area contributed by atoms with Gasteiger partial charge in [-0.15, -0.1) is 0 Å². The van der Waals surface area contributed by atoms with Crippen molar-refractivity contribution in [3.05, 3.63) is 0 Å². The van der Waals surface area contributed by atoms with E-state index in [-0.39, 0.29) is 29.6 Å². The minimum atomic E-state index is -0.166. The minimum Gasteiger partial charge on any atom is -0.396 e. The van der Waals surface area contributed by atoms with Crippen LogP contribution in [0.5, 0.6) is 0 Å². The fourth-order valence-corrected chi connectivity index (χ4v) is 5.90. The SMILES string of the molecule is CC(C)C1CCC(C)(CCO)CC1O.CC1(C)C2CCC1(C)C(O)C2. The third kappa shape index (κ3) is 3.94. The van der Waals surface area contributed by atoms with Crippen LogP contribution in [0, 0.1) is 34.0 Å². The molecule has 0 aromatic carbocycles. The maximum absolute atomic E-state index is 10.0.